The molecular formula is C32H42F4N8O13. The van der Waals surface area contributed by atoms with E-state index in [1.807, 2.05) is 11.9 Å². The number of nitrogens with one attached hydrogen (secondary N) is 2. The Kier molecular flexibility index (Phi) is 15.2. The minimum atomic E-state index is -3.71. The van der Waals surface area contributed by atoms with Crippen LogP contribution in [0.4, 0.5) is 34.0 Å². The molecule has 3 aromatic rings. The summed E-state index contributed by atoms with van der Waals surface area (Å²) < 4.78 is 76.8. The van der Waals surface area contributed by atoms with Crippen LogP contribution in [0.3, 0.4) is 0 Å². The summed E-state index contributed by atoms with van der Waals surface area (Å²) in [5.41, 5.74) is 1.63. The molecule has 3 fully saturated rings. The van der Waals surface area contributed by atoms with Gasteiger partial charge in [-0.2, -0.15) is 23.1 Å². The van der Waals surface area contributed by atoms with Crippen LogP contribution < -0.4 is 33.7 Å². The van der Waals surface area contributed by atoms with E-state index in [1.165, 1.54) is 6.92 Å². The van der Waals surface area contributed by atoms with E-state index in [9.17, 15) is 56.9 Å². The van der Waals surface area contributed by atoms with Crippen molar-refractivity contribution in [3.05, 3.63) is 78.1 Å². The monoisotopic (exact) mass is 822 g/mol. The number of hydrogen-bond acceptors (Lipinski definition) is 16. The van der Waals surface area contributed by atoms with Gasteiger partial charge in [-0.15, -0.1) is 0 Å². The number of anilines is 2. The lowest BCUT2D eigenvalue weighted by molar-refractivity contribution is -0.140. The summed E-state index contributed by atoms with van der Waals surface area (Å²) in [5.74, 6) is -6.38. The lowest BCUT2D eigenvalue weighted by Gasteiger charge is -2.20. The summed E-state index contributed by atoms with van der Waals surface area (Å²) in [6.07, 6.45) is -5.01. The molecule has 316 valence electrons. The molecule has 3 aromatic heterocycles. The zero-order valence-electron chi connectivity index (χ0n) is 30.4. The molecular weight excluding hydrogens is 780 g/mol. The van der Waals surface area contributed by atoms with Gasteiger partial charge in [0.2, 0.25) is 12.0 Å². The van der Waals surface area contributed by atoms with Crippen LogP contribution >= 0.6 is 0 Å². The highest BCUT2D eigenvalue weighted by atomic mass is 19.3. The summed E-state index contributed by atoms with van der Waals surface area (Å²) in [4.78, 5) is 65.6. The third kappa shape index (κ3) is 10.7. The first-order valence-corrected chi connectivity index (χ1v) is 17.4. The molecule has 0 spiro atoms. The maximum absolute atomic E-state index is 14.1. The van der Waals surface area contributed by atoms with Crippen molar-refractivity contribution >= 4 is 17.7 Å². The molecule has 3 aliphatic rings. The first kappa shape index (κ1) is 44.7. The van der Waals surface area contributed by atoms with Gasteiger partial charge in [-0.25, -0.2) is 23.6 Å². The fourth-order valence-electron chi connectivity index (χ4n) is 5.60. The molecule has 0 aromatic carbocycles. The lowest BCUT2D eigenvalue weighted by Crippen LogP contribution is -2.41. The maximum atomic E-state index is 14.1. The number of carbonyl (C=O) groups excluding carboxylic acids is 1. The Morgan fingerprint density at radius 2 is 1.72 bits per heavy atom. The molecule has 0 radical (unpaired) electrons. The minimum absolute atomic E-state index is 0.114. The van der Waals surface area contributed by atoms with Crippen LogP contribution in [0.25, 0.3) is 0 Å². The maximum Gasteiger partial charge on any atom is 0.412 e. The van der Waals surface area contributed by atoms with Gasteiger partial charge in [0.05, 0.1) is 31.7 Å². The summed E-state index contributed by atoms with van der Waals surface area (Å²) in [7, 11) is 0. The number of nitrogen functional groups attached to an aromatic ring is 1. The van der Waals surface area contributed by atoms with E-state index < -0.39 is 108 Å². The van der Waals surface area contributed by atoms with E-state index in [0.29, 0.717) is 24.0 Å². The third-order valence-electron chi connectivity index (χ3n) is 8.66. The first-order valence-electron chi connectivity index (χ1n) is 17.4. The number of alkyl halides is 2. The van der Waals surface area contributed by atoms with E-state index in [-0.39, 0.29) is 12.4 Å². The van der Waals surface area contributed by atoms with Crippen molar-refractivity contribution in [1.29, 1.82) is 0 Å². The summed E-state index contributed by atoms with van der Waals surface area (Å²) in [6, 6.07) is 1.15. The number of aliphatic hydroxyl groups excluding tert-OH is 4. The van der Waals surface area contributed by atoms with Crippen LogP contribution in [0.15, 0.2) is 43.8 Å². The minimum Gasteiger partial charge on any atom is -0.449 e. The van der Waals surface area contributed by atoms with E-state index in [0.717, 1.165) is 53.1 Å². The average Bonchev–Trinajstić information content (AvgIpc) is 3.84. The van der Waals surface area contributed by atoms with Gasteiger partial charge in [0, 0.05) is 12.8 Å². The predicted molar refractivity (Wildman–Crippen MR) is 185 cm³/mol. The van der Waals surface area contributed by atoms with Gasteiger partial charge in [-0.3, -0.25) is 28.8 Å². The number of aliphatic hydroxyl groups is 4. The number of nitrogens with two attached hydrogens (primary N) is 1. The van der Waals surface area contributed by atoms with Crippen LogP contribution in [-0.2, 0) is 18.9 Å². The van der Waals surface area contributed by atoms with Crippen LogP contribution in [-0.4, -0.2) is 111 Å². The number of aromatic amines is 1. The van der Waals surface area contributed by atoms with Gasteiger partial charge in [0.1, 0.15) is 30.4 Å². The van der Waals surface area contributed by atoms with Gasteiger partial charge in [0.15, 0.2) is 24.0 Å². The highest BCUT2D eigenvalue weighted by Gasteiger charge is 2.59. The quantitative estimate of drug-likeness (QED) is 0.105. The van der Waals surface area contributed by atoms with Crippen LogP contribution in [0.1, 0.15) is 64.6 Å². The third-order valence-corrected chi connectivity index (χ3v) is 8.66. The van der Waals surface area contributed by atoms with Gasteiger partial charge >= 0.3 is 29.1 Å². The molecule has 25 heteroatoms. The zero-order chi connectivity index (χ0) is 42.2. The van der Waals surface area contributed by atoms with Crippen LogP contribution in [0.5, 0.6) is 0 Å². The van der Waals surface area contributed by atoms with Gasteiger partial charge in [-0.05, 0) is 32.3 Å². The number of halogens is 4. The molecule has 8 atom stereocenters. The summed E-state index contributed by atoms with van der Waals surface area (Å²) in [5, 5.41) is 39.7. The standard InChI is InChI=1S/C15H22FN3O6.C9H11F2N3O4.C8H9FN2O3/c1-3-4-5-6-24-15(23)18-12-9(16)7-19(14(22)17-12)13-11(21)10(20)8(2)25-13;10-9(11)6(16)4(3-15)18-7(9)14-2-1-5(12)13-8(14)17;9-5-4-11(6-2-1-3-14-6)8(13)10-7(5)12/h7-8,10-11,13,20-21H,3-6H2,1-2H3,(H,17,18,22,23);1-2,4,6-7,15-16H,3H2,(H2,12,13,17);4,6H,1-3H2,(H,10,12,13)/t8-,10-,11-,13-;4-,6-,7-;/m11./s1. The van der Waals surface area contributed by atoms with Crippen molar-refractivity contribution in [2.75, 3.05) is 30.9 Å². The van der Waals surface area contributed by atoms with E-state index in [2.05, 4.69) is 15.3 Å². The lowest BCUT2D eigenvalue weighted by atomic mass is 10.1. The van der Waals surface area contributed by atoms with Gasteiger partial charge < -0.3 is 45.1 Å². The molecule has 0 saturated carbocycles. The highest BCUT2D eigenvalue weighted by molar-refractivity contribution is 5.83. The van der Waals surface area contributed by atoms with Gasteiger partial charge in [0.25, 0.3) is 5.56 Å². The molecule has 21 nitrogen and oxygen atoms in total. The Morgan fingerprint density at radius 3 is 2.30 bits per heavy atom. The Labute approximate surface area is 318 Å². The largest absolute Gasteiger partial charge is 0.449 e. The number of nitrogens with zero attached hydrogens (tertiary/aromatic N) is 5. The molecule has 3 aliphatic heterocycles. The fraction of sp³-hybridized carbons (Fsp3) is 0.594. The van der Waals surface area contributed by atoms with E-state index in [1.54, 1.807) is 0 Å². The summed E-state index contributed by atoms with van der Waals surface area (Å²) in [6.45, 7) is 3.45. The van der Waals surface area contributed by atoms with Crippen molar-refractivity contribution < 1.29 is 61.7 Å². The normalized spacial score (nSPS) is 26.2. The Morgan fingerprint density at radius 1 is 1.04 bits per heavy atom. The molecule has 6 heterocycles. The van der Waals surface area contributed by atoms with Crippen molar-refractivity contribution in [2.45, 2.75) is 101 Å². The van der Waals surface area contributed by atoms with Gasteiger partial charge in [-0.1, -0.05) is 19.8 Å². The number of unbranched alkanes of at least 4 members (excludes halogenated alkanes) is 2. The van der Waals surface area contributed by atoms with E-state index in [4.69, 9.17) is 29.8 Å². The molecule has 1 amide bonds. The van der Waals surface area contributed by atoms with E-state index >= 15 is 0 Å². The Bertz CT molecular complexity index is 2080. The Hall–Kier alpha value is -5.05. The average molecular weight is 823 g/mol. The number of carbonyl (C=O) groups is 1. The van der Waals surface area contributed by atoms with Crippen molar-refractivity contribution in [3.8, 4) is 0 Å². The molecule has 0 aliphatic carbocycles. The summed E-state index contributed by atoms with van der Waals surface area (Å²) >= 11 is 0. The van der Waals surface area contributed by atoms with Crippen LogP contribution in [0, 0.1) is 11.6 Å². The second-order valence-electron chi connectivity index (χ2n) is 12.8. The SMILES string of the molecule is CCCCCOC(=O)Nc1nc(=O)n([C@@H]2O[C@H](C)[C@@H](O)[C@H]2O)cc1F.Nc1ccn([C@@H]2O[C@H](CO)[C@@H](O)C2(F)F)c(=O)n1.O=c1[nH]c(=O)n(C2CCCO2)cc1F. The topological polar surface area (TPSA) is 298 Å². The molecule has 3 saturated heterocycles. The highest BCUT2D eigenvalue weighted by Crippen LogP contribution is 2.42. The number of amides is 1. The van der Waals surface area contributed by atoms with Crippen LogP contribution in [0.2, 0.25) is 0 Å². The smallest absolute Gasteiger partial charge is 0.412 e. The number of rotatable bonds is 9. The molecule has 6 rings (SSSR count). The second-order valence-corrected chi connectivity index (χ2v) is 12.8. The van der Waals surface area contributed by atoms with Crippen molar-refractivity contribution in [2.24, 2.45) is 0 Å². The number of aromatic nitrogens is 6. The van der Waals surface area contributed by atoms with Crippen molar-refractivity contribution in [1.82, 2.24) is 28.7 Å². The zero-order valence-corrected chi connectivity index (χ0v) is 30.4. The number of hydrogen-bond donors (Lipinski definition) is 7. The molecule has 1 unspecified atom stereocenters. The van der Waals surface area contributed by atoms with Crippen molar-refractivity contribution in [3.63, 3.8) is 0 Å². The number of ether oxygens (including phenoxy) is 4. The molecule has 8 N–H and O–H groups in total. The second kappa shape index (κ2) is 19.4. The Balaban J connectivity index is 0.000000198. The predicted octanol–water partition coefficient (Wildman–Crippen LogP) is -0.544. The molecule has 0 bridgehead atoms. The number of H-pyrrole nitrogens is 1. The molecule has 57 heavy (non-hydrogen) atoms. The fourth-order valence-corrected chi connectivity index (χ4v) is 5.60. The first-order chi connectivity index (χ1) is 26.9.